The number of nitrogens with one attached hydrogen (secondary N) is 1. The Morgan fingerprint density at radius 2 is 2.08 bits per heavy atom. The molecule has 136 valence electrons. The molecule has 3 rings (SSSR count). The summed E-state index contributed by atoms with van der Waals surface area (Å²) < 4.78 is 14.2. The molecule has 3 amide bonds. The van der Waals surface area contributed by atoms with Gasteiger partial charge in [0, 0.05) is 37.1 Å². The number of aliphatic hydroxyl groups is 1. The minimum atomic E-state index is -0.780. The molecule has 6 nitrogen and oxygen atoms in total. The third kappa shape index (κ3) is 3.46. The topological polar surface area (TPSA) is 86.7 Å². The van der Waals surface area contributed by atoms with E-state index in [2.05, 4.69) is 17.2 Å². The quantitative estimate of drug-likeness (QED) is 0.479. The third-order valence-electron chi connectivity index (χ3n) is 4.58. The molecule has 2 aliphatic rings. The van der Waals surface area contributed by atoms with Crippen molar-refractivity contribution in [3.05, 3.63) is 34.6 Å². The lowest BCUT2D eigenvalue weighted by Crippen LogP contribution is -2.52. The number of aliphatic hydroxyl groups excluding tert-OH is 1. The Balaban J connectivity index is 1.84. The molecule has 7 heteroatoms. The summed E-state index contributed by atoms with van der Waals surface area (Å²) in [5.41, 5.74) is 1.000. The summed E-state index contributed by atoms with van der Waals surface area (Å²) in [6, 6.07) is 1.97. The first-order valence-electron chi connectivity index (χ1n) is 8.58. The van der Waals surface area contributed by atoms with Crippen LogP contribution in [-0.2, 0) is 16.1 Å². The number of nitrogens with zero attached hydrogens (tertiary/aromatic N) is 1. The van der Waals surface area contributed by atoms with Gasteiger partial charge in [0.1, 0.15) is 11.9 Å². The zero-order valence-electron chi connectivity index (χ0n) is 14.2. The summed E-state index contributed by atoms with van der Waals surface area (Å²) in [5, 5.41) is 11.0. The number of imide groups is 1. The molecule has 2 heterocycles. The zero-order chi connectivity index (χ0) is 18.7. The number of rotatable bonds is 4. The number of fused-ring (bicyclic) bond motifs is 1. The minimum absolute atomic E-state index is 0.0446. The second-order valence-electron chi connectivity index (χ2n) is 6.33. The Hall–Kier alpha value is -2.72. The predicted molar refractivity (Wildman–Crippen MR) is 90.3 cm³/mol. The van der Waals surface area contributed by atoms with Crippen LogP contribution in [-0.4, -0.2) is 40.4 Å². The second kappa shape index (κ2) is 7.67. The number of carbonyl (C=O) groups is 3. The molecule has 2 aliphatic heterocycles. The molecule has 0 saturated carbocycles. The number of hydrogen-bond donors (Lipinski definition) is 2. The highest BCUT2D eigenvalue weighted by molar-refractivity contribution is 6.05. The van der Waals surface area contributed by atoms with Gasteiger partial charge in [0.15, 0.2) is 0 Å². The van der Waals surface area contributed by atoms with Gasteiger partial charge >= 0.3 is 0 Å². The fraction of sp³-hybridized carbons (Fsp3) is 0.421. The molecule has 26 heavy (non-hydrogen) atoms. The first kappa shape index (κ1) is 18.1. The van der Waals surface area contributed by atoms with Crippen LogP contribution in [0.5, 0.6) is 0 Å². The molecule has 0 spiro atoms. The van der Waals surface area contributed by atoms with Crippen LogP contribution < -0.4 is 5.32 Å². The summed E-state index contributed by atoms with van der Waals surface area (Å²) >= 11 is 0. The predicted octanol–water partition coefficient (Wildman–Crippen LogP) is 1.10. The zero-order valence-corrected chi connectivity index (χ0v) is 14.2. The summed E-state index contributed by atoms with van der Waals surface area (Å²) in [7, 11) is 0. The van der Waals surface area contributed by atoms with Gasteiger partial charge in [0.05, 0.1) is 5.56 Å². The Labute approximate surface area is 150 Å². The fourth-order valence-corrected chi connectivity index (χ4v) is 3.23. The number of unbranched alkanes of at least 4 members (excludes halogenated alkanes) is 2. The maximum Gasteiger partial charge on any atom is 0.258 e. The monoisotopic (exact) mass is 358 g/mol. The van der Waals surface area contributed by atoms with Gasteiger partial charge in [0.25, 0.3) is 5.91 Å². The molecule has 1 aromatic rings. The lowest BCUT2D eigenvalue weighted by molar-refractivity contribution is -0.136. The van der Waals surface area contributed by atoms with Gasteiger partial charge in [0.2, 0.25) is 11.8 Å². The van der Waals surface area contributed by atoms with E-state index < -0.39 is 23.7 Å². The molecule has 0 aliphatic carbocycles. The number of piperidine rings is 1. The lowest BCUT2D eigenvalue weighted by Gasteiger charge is -2.29. The number of amides is 3. The highest BCUT2D eigenvalue weighted by Crippen LogP contribution is 2.31. The van der Waals surface area contributed by atoms with Crippen molar-refractivity contribution in [1.82, 2.24) is 10.2 Å². The van der Waals surface area contributed by atoms with Gasteiger partial charge in [-0.15, -0.1) is 0 Å². The van der Waals surface area contributed by atoms with Crippen molar-refractivity contribution < 1.29 is 23.9 Å². The number of benzene rings is 1. The molecule has 0 aromatic heterocycles. The molecule has 1 unspecified atom stereocenters. The van der Waals surface area contributed by atoms with Crippen LogP contribution in [0.4, 0.5) is 4.39 Å². The van der Waals surface area contributed by atoms with Crippen molar-refractivity contribution in [2.24, 2.45) is 0 Å². The lowest BCUT2D eigenvalue weighted by atomic mass is 10.0. The summed E-state index contributed by atoms with van der Waals surface area (Å²) in [6.07, 6.45) is 2.40. The molecule has 0 bridgehead atoms. The van der Waals surface area contributed by atoms with E-state index in [4.69, 9.17) is 5.11 Å². The molecule has 2 N–H and O–H groups in total. The highest BCUT2D eigenvalue weighted by Gasteiger charge is 2.41. The van der Waals surface area contributed by atoms with Crippen molar-refractivity contribution in [3.8, 4) is 11.8 Å². The molecule has 1 fully saturated rings. The summed E-state index contributed by atoms with van der Waals surface area (Å²) in [4.78, 5) is 37.3. The number of carbonyl (C=O) groups excluding carboxylic acids is 3. The van der Waals surface area contributed by atoms with E-state index in [1.807, 2.05) is 0 Å². The van der Waals surface area contributed by atoms with E-state index in [1.165, 1.54) is 17.0 Å². The van der Waals surface area contributed by atoms with Crippen LogP contribution in [0, 0.1) is 17.7 Å². The third-order valence-corrected chi connectivity index (χ3v) is 4.58. The van der Waals surface area contributed by atoms with E-state index in [-0.39, 0.29) is 37.5 Å². The van der Waals surface area contributed by atoms with E-state index in [0.29, 0.717) is 24.0 Å². The van der Waals surface area contributed by atoms with Gasteiger partial charge in [-0.05, 0) is 31.4 Å². The SMILES string of the molecule is O=C1CCC(N2Cc3c(C#CCCCCO)ccc(F)c3C2=O)C(=O)N1. The highest BCUT2D eigenvalue weighted by atomic mass is 19.1. The van der Waals surface area contributed by atoms with E-state index in [1.54, 1.807) is 0 Å². The van der Waals surface area contributed by atoms with E-state index in [9.17, 15) is 18.8 Å². The van der Waals surface area contributed by atoms with Crippen LogP contribution >= 0.6 is 0 Å². The summed E-state index contributed by atoms with van der Waals surface area (Å²) in [6.45, 7) is 0.210. The van der Waals surface area contributed by atoms with Crippen molar-refractivity contribution in [2.75, 3.05) is 6.61 Å². The van der Waals surface area contributed by atoms with Gasteiger partial charge in [-0.2, -0.15) is 0 Å². The standard InChI is InChI=1S/C19H19FN2O4/c20-14-7-6-12(5-3-1-2-4-10-23)13-11-22(19(26)17(13)14)15-8-9-16(24)21-18(15)25/h6-7,15,23H,1-2,4,8-11H2,(H,21,24,25). The van der Waals surface area contributed by atoms with Crippen LogP contribution in [0.15, 0.2) is 12.1 Å². The first-order valence-corrected chi connectivity index (χ1v) is 8.58. The van der Waals surface area contributed by atoms with E-state index >= 15 is 0 Å². The second-order valence-corrected chi connectivity index (χ2v) is 6.33. The smallest absolute Gasteiger partial charge is 0.258 e. The Kier molecular flexibility index (Phi) is 5.33. The van der Waals surface area contributed by atoms with Crippen LogP contribution in [0.2, 0.25) is 0 Å². The van der Waals surface area contributed by atoms with Gasteiger partial charge in [-0.3, -0.25) is 19.7 Å². The number of hydrogen-bond acceptors (Lipinski definition) is 4. The average molecular weight is 358 g/mol. The van der Waals surface area contributed by atoms with Crippen molar-refractivity contribution >= 4 is 17.7 Å². The van der Waals surface area contributed by atoms with Gasteiger partial charge in [-0.25, -0.2) is 4.39 Å². The largest absolute Gasteiger partial charge is 0.396 e. The van der Waals surface area contributed by atoms with Crippen molar-refractivity contribution in [1.29, 1.82) is 0 Å². The maximum atomic E-state index is 14.2. The van der Waals surface area contributed by atoms with Crippen molar-refractivity contribution in [3.63, 3.8) is 0 Å². The van der Waals surface area contributed by atoms with E-state index in [0.717, 1.165) is 6.42 Å². The average Bonchev–Trinajstić information content (AvgIpc) is 2.95. The fourth-order valence-electron chi connectivity index (χ4n) is 3.23. The Morgan fingerprint density at radius 3 is 2.81 bits per heavy atom. The Bertz CT molecular complexity index is 825. The minimum Gasteiger partial charge on any atom is -0.396 e. The molecular weight excluding hydrogens is 339 g/mol. The van der Waals surface area contributed by atoms with Crippen LogP contribution in [0.1, 0.15) is 53.6 Å². The van der Waals surface area contributed by atoms with Gasteiger partial charge < -0.3 is 10.0 Å². The maximum absolute atomic E-state index is 14.2. The van der Waals surface area contributed by atoms with Crippen LogP contribution in [0.25, 0.3) is 0 Å². The van der Waals surface area contributed by atoms with Crippen LogP contribution in [0.3, 0.4) is 0 Å². The molecular formula is C19H19FN2O4. The molecule has 1 aromatic carbocycles. The molecule has 1 saturated heterocycles. The van der Waals surface area contributed by atoms with Gasteiger partial charge in [-0.1, -0.05) is 11.8 Å². The first-order chi connectivity index (χ1) is 12.5. The summed E-state index contributed by atoms with van der Waals surface area (Å²) in [5.74, 6) is 3.86. The van der Waals surface area contributed by atoms with Crippen molar-refractivity contribution in [2.45, 2.75) is 44.7 Å². The number of halogens is 1. The molecule has 1 atom stereocenters. The molecule has 0 radical (unpaired) electrons. The normalized spacial score (nSPS) is 19.1. The Morgan fingerprint density at radius 1 is 1.27 bits per heavy atom.